The summed E-state index contributed by atoms with van der Waals surface area (Å²) in [7, 11) is 1.61. The largest absolute Gasteiger partial charge is 0.497 e. The van der Waals surface area contributed by atoms with Crippen molar-refractivity contribution in [1.82, 2.24) is 24.8 Å². The maximum absolute atomic E-state index is 12.4. The van der Waals surface area contributed by atoms with Gasteiger partial charge in [-0.25, -0.2) is 14.2 Å². The lowest BCUT2D eigenvalue weighted by atomic mass is 10.2. The van der Waals surface area contributed by atoms with Gasteiger partial charge in [-0.05, 0) is 55.0 Å². The van der Waals surface area contributed by atoms with Crippen molar-refractivity contribution in [3.63, 3.8) is 0 Å². The standard InChI is InChI=1S/C22H21N5O4/c1-3-30-22(28)20-21(27(25-24-20)15-16-5-9-18(29-2)10-6-16)31-19-11-7-17(8-12-19)26-14-4-13-23-26/h4-14H,3,15H2,1-2H3. The van der Waals surface area contributed by atoms with E-state index in [4.69, 9.17) is 14.2 Å². The second-order valence-electron chi connectivity index (χ2n) is 6.52. The van der Waals surface area contributed by atoms with Gasteiger partial charge in [0.2, 0.25) is 5.69 Å². The van der Waals surface area contributed by atoms with Crippen molar-refractivity contribution >= 4 is 5.97 Å². The van der Waals surface area contributed by atoms with Crippen LogP contribution in [0.15, 0.2) is 67.0 Å². The molecule has 0 fully saturated rings. The second kappa shape index (κ2) is 9.12. The first kappa shape index (κ1) is 20.1. The zero-order valence-corrected chi connectivity index (χ0v) is 17.1. The highest BCUT2D eigenvalue weighted by Gasteiger charge is 2.23. The summed E-state index contributed by atoms with van der Waals surface area (Å²) in [6, 6.07) is 16.7. The van der Waals surface area contributed by atoms with Gasteiger partial charge in [-0.15, -0.1) is 5.10 Å². The van der Waals surface area contributed by atoms with Gasteiger partial charge in [0, 0.05) is 12.4 Å². The molecule has 0 radical (unpaired) electrons. The number of esters is 1. The van der Waals surface area contributed by atoms with Crippen LogP contribution >= 0.6 is 0 Å². The first-order valence-electron chi connectivity index (χ1n) is 9.69. The SMILES string of the molecule is CCOC(=O)c1nnn(Cc2ccc(OC)cc2)c1Oc1ccc(-n2cccn2)cc1. The molecule has 0 amide bonds. The van der Waals surface area contributed by atoms with E-state index < -0.39 is 5.97 Å². The van der Waals surface area contributed by atoms with Gasteiger partial charge in [-0.2, -0.15) is 5.10 Å². The molecule has 0 N–H and O–H groups in total. The van der Waals surface area contributed by atoms with Gasteiger partial charge in [-0.1, -0.05) is 17.3 Å². The summed E-state index contributed by atoms with van der Waals surface area (Å²) in [5, 5.41) is 12.3. The Balaban J connectivity index is 1.61. The van der Waals surface area contributed by atoms with E-state index in [0.717, 1.165) is 17.0 Å². The van der Waals surface area contributed by atoms with Crippen LogP contribution < -0.4 is 9.47 Å². The molecule has 0 aliphatic carbocycles. The molecular formula is C22H21N5O4. The normalized spacial score (nSPS) is 10.6. The molecule has 0 atom stereocenters. The number of carbonyl (C=O) groups excluding carboxylic acids is 1. The van der Waals surface area contributed by atoms with Crippen LogP contribution in [0, 0.1) is 0 Å². The van der Waals surface area contributed by atoms with Crippen LogP contribution in [0.2, 0.25) is 0 Å². The van der Waals surface area contributed by atoms with Gasteiger partial charge < -0.3 is 14.2 Å². The predicted molar refractivity (Wildman–Crippen MR) is 112 cm³/mol. The van der Waals surface area contributed by atoms with Crippen LogP contribution in [0.25, 0.3) is 5.69 Å². The average molecular weight is 419 g/mol. The Labute approximate surface area is 178 Å². The fraction of sp³-hybridized carbons (Fsp3) is 0.182. The number of benzene rings is 2. The molecule has 4 aromatic rings. The molecule has 9 heteroatoms. The highest BCUT2D eigenvalue weighted by molar-refractivity contribution is 5.89. The molecule has 0 aliphatic rings. The minimum absolute atomic E-state index is 0.0199. The summed E-state index contributed by atoms with van der Waals surface area (Å²) in [6.07, 6.45) is 3.56. The summed E-state index contributed by atoms with van der Waals surface area (Å²) in [5.74, 6) is 0.899. The highest BCUT2D eigenvalue weighted by Crippen LogP contribution is 2.26. The minimum Gasteiger partial charge on any atom is -0.497 e. The maximum atomic E-state index is 12.4. The number of rotatable bonds is 8. The molecule has 2 aromatic carbocycles. The molecule has 0 aliphatic heterocycles. The monoisotopic (exact) mass is 419 g/mol. The van der Waals surface area contributed by atoms with Crippen molar-refractivity contribution in [2.75, 3.05) is 13.7 Å². The number of hydrogen-bond acceptors (Lipinski definition) is 7. The third-order valence-corrected chi connectivity index (χ3v) is 4.47. The molecule has 0 saturated heterocycles. The molecule has 0 bridgehead atoms. The van der Waals surface area contributed by atoms with Gasteiger partial charge >= 0.3 is 5.97 Å². The molecular weight excluding hydrogens is 398 g/mol. The number of nitrogens with zero attached hydrogens (tertiary/aromatic N) is 5. The van der Waals surface area contributed by atoms with E-state index in [9.17, 15) is 4.79 Å². The molecule has 4 rings (SSSR count). The lowest BCUT2D eigenvalue weighted by Gasteiger charge is -2.11. The summed E-state index contributed by atoms with van der Waals surface area (Å²) >= 11 is 0. The van der Waals surface area contributed by atoms with E-state index in [1.54, 1.807) is 37.0 Å². The third kappa shape index (κ3) is 4.55. The van der Waals surface area contributed by atoms with Crippen molar-refractivity contribution in [3.05, 3.63) is 78.2 Å². The molecule has 9 nitrogen and oxygen atoms in total. The quantitative estimate of drug-likeness (QED) is 0.404. The van der Waals surface area contributed by atoms with E-state index in [2.05, 4.69) is 15.4 Å². The number of carbonyl (C=O) groups is 1. The van der Waals surface area contributed by atoms with Gasteiger partial charge in [0.05, 0.1) is 25.9 Å². The van der Waals surface area contributed by atoms with Crippen molar-refractivity contribution in [3.8, 4) is 23.1 Å². The van der Waals surface area contributed by atoms with Gasteiger partial charge in [0.15, 0.2) is 0 Å². The number of ether oxygens (including phenoxy) is 3. The average Bonchev–Trinajstić information content (AvgIpc) is 3.46. The Morgan fingerprint density at radius 2 is 1.77 bits per heavy atom. The van der Waals surface area contributed by atoms with Crippen LogP contribution in [0.5, 0.6) is 17.4 Å². The van der Waals surface area contributed by atoms with Crippen LogP contribution in [-0.2, 0) is 11.3 Å². The van der Waals surface area contributed by atoms with Gasteiger partial charge in [0.25, 0.3) is 5.88 Å². The number of hydrogen-bond donors (Lipinski definition) is 0. The van der Waals surface area contributed by atoms with Crippen molar-refractivity contribution < 1.29 is 19.0 Å². The first-order chi connectivity index (χ1) is 15.2. The lowest BCUT2D eigenvalue weighted by molar-refractivity contribution is 0.0516. The zero-order chi connectivity index (χ0) is 21.6. The summed E-state index contributed by atoms with van der Waals surface area (Å²) in [6.45, 7) is 2.31. The molecule has 158 valence electrons. The van der Waals surface area contributed by atoms with Crippen LogP contribution in [0.1, 0.15) is 23.0 Å². The predicted octanol–water partition coefficient (Wildman–Crippen LogP) is 3.49. The maximum Gasteiger partial charge on any atom is 0.364 e. The zero-order valence-electron chi connectivity index (χ0n) is 17.1. The van der Waals surface area contributed by atoms with Crippen molar-refractivity contribution in [2.24, 2.45) is 0 Å². The molecule has 31 heavy (non-hydrogen) atoms. The Morgan fingerprint density at radius 1 is 1.03 bits per heavy atom. The number of aromatic nitrogens is 5. The van der Waals surface area contributed by atoms with Crippen LogP contribution in [0.3, 0.4) is 0 Å². The van der Waals surface area contributed by atoms with Crippen molar-refractivity contribution in [1.29, 1.82) is 0 Å². The second-order valence-corrected chi connectivity index (χ2v) is 6.52. The third-order valence-electron chi connectivity index (χ3n) is 4.47. The topological polar surface area (TPSA) is 93.3 Å². The molecule has 0 spiro atoms. The smallest absolute Gasteiger partial charge is 0.364 e. The fourth-order valence-electron chi connectivity index (χ4n) is 2.94. The van der Waals surface area contributed by atoms with E-state index in [1.807, 2.05) is 48.7 Å². The van der Waals surface area contributed by atoms with Crippen LogP contribution in [0.4, 0.5) is 0 Å². The van der Waals surface area contributed by atoms with E-state index in [-0.39, 0.29) is 18.2 Å². The molecule has 0 saturated carbocycles. The Kier molecular flexibility index (Phi) is 5.93. The Morgan fingerprint density at radius 3 is 2.42 bits per heavy atom. The highest BCUT2D eigenvalue weighted by atomic mass is 16.5. The molecule has 2 aromatic heterocycles. The molecule has 0 unspecified atom stereocenters. The van der Waals surface area contributed by atoms with Gasteiger partial charge in [-0.3, -0.25) is 0 Å². The lowest BCUT2D eigenvalue weighted by Crippen LogP contribution is -2.09. The van der Waals surface area contributed by atoms with Crippen molar-refractivity contribution in [2.45, 2.75) is 13.5 Å². The van der Waals surface area contributed by atoms with E-state index in [0.29, 0.717) is 12.3 Å². The fourth-order valence-corrected chi connectivity index (χ4v) is 2.94. The summed E-state index contributed by atoms with van der Waals surface area (Å²) in [5.41, 5.74) is 1.85. The Bertz CT molecular complexity index is 1140. The summed E-state index contributed by atoms with van der Waals surface area (Å²) in [4.78, 5) is 12.4. The first-order valence-corrected chi connectivity index (χ1v) is 9.69. The minimum atomic E-state index is -0.591. The number of methoxy groups -OCH3 is 1. The molecule has 2 heterocycles. The van der Waals surface area contributed by atoms with Crippen LogP contribution in [-0.4, -0.2) is 44.5 Å². The summed E-state index contributed by atoms with van der Waals surface area (Å²) < 4.78 is 19.6. The Hall–Kier alpha value is -4.14. The van der Waals surface area contributed by atoms with Gasteiger partial charge in [0.1, 0.15) is 11.5 Å². The van der Waals surface area contributed by atoms with E-state index >= 15 is 0 Å². The van der Waals surface area contributed by atoms with E-state index in [1.165, 1.54) is 4.68 Å².